The van der Waals surface area contributed by atoms with Crippen LogP contribution in [0.4, 0.5) is 19.0 Å². The van der Waals surface area contributed by atoms with Crippen molar-refractivity contribution in [2.75, 3.05) is 25.0 Å². The molecule has 1 aromatic heterocycles. The SMILES string of the molecule is CNC(=O)c1ccc(N2C[C@@H](C(F)(F)F)OC(C)(C)C2)nc1. The Kier molecular flexibility index (Phi) is 4.32. The summed E-state index contributed by atoms with van der Waals surface area (Å²) in [5, 5.41) is 2.46. The largest absolute Gasteiger partial charge is 0.416 e. The lowest BCUT2D eigenvalue weighted by atomic mass is 10.0. The van der Waals surface area contributed by atoms with E-state index in [1.165, 1.54) is 24.2 Å². The Labute approximate surface area is 126 Å². The Morgan fingerprint density at radius 2 is 2.14 bits per heavy atom. The Hall–Kier alpha value is -1.83. The van der Waals surface area contributed by atoms with Crippen LogP contribution < -0.4 is 10.2 Å². The van der Waals surface area contributed by atoms with E-state index in [-0.39, 0.29) is 19.0 Å². The zero-order chi connectivity index (χ0) is 16.5. The van der Waals surface area contributed by atoms with Gasteiger partial charge in [-0.25, -0.2) is 4.98 Å². The summed E-state index contributed by atoms with van der Waals surface area (Å²) in [4.78, 5) is 17.1. The molecule has 1 saturated heterocycles. The molecule has 0 bridgehead atoms. The molecule has 1 N–H and O–H groups in total. The van der Waals surface area contributed by atoms with Gasteiger partial charge >= 0.3 is 6.18 Å². The number of carbonyl (C=O) groups is 1. The number of ether oxygens (including phenoxy) is 1. The molecule has 1 atom stereocenters. The number of pyridine rings is 1. The van der Waals surface area contributed by atoms with Crippen molar-refractivity contribution in [1.29, 1.82) is 0 Å². The fourth-order valence-corrected chi connectivity index (χ4v) is 2.38. The number of aromatic nitrogens is 1. The van der Waals surface area contributed by atoms with Crippen molar-refractivity contribution >= 4 is 11.7 Å². The molecule has 0 saturated carbocycles. The molecule has 0 unspecified atom stereocenters. The highest BCUT2D eigenvalue weighted by Crippen LogP contribution is 2.33. The van der Waals surface area contributed by atoms with E-state index < -0.39 is 17.9 Å². The maximum atomic E-state index is 13.0. The summed E-state index contributed by atoms with van der Waals surface area (Å²) in [6.45, 7) is 3.18. The Morgan fingerprint density at radius 1 is 1.45 bits per heavy atom. The molecule has 1 aliphatic heterocycles. The average molecular weight is 317 g/mol. The van der Waals surface area contributed by atoms with Crippen LogP contribution in [0.1, 0.15) is 24.2 Å². The number of nitrogens with zero attached hydrogens (tertiary/aromatic N) is 2. The number of amides is 1. The molecule has 0 aromatic carbocycles. The molecule has 122 valence electrons. The second-order valence-corrected chi connectivity index (χ2v) is 5.77. The van der Waals surface area contributed by atoms with Gasteiger partial charge in [0.25, 0.3) is 5.91 Å². The van der Waals surface area contributed by atoms with Gasteiger partial charge in [0.2, 0.25) is 0 Å². The van der Waals surface area contributed by atoms with Crippen LogP contribution in [-0.2, 0) is 4.74 Å². The molecule has 1 fully saturated rings. The fraction of sp³-hybridized carbons (Fsp3) is 0.571. The van der Waals surface area contributed by atoms with Crippen molar-refractivity contribution in [3.8, 4) is 0 Å². The fourth-order valence-electron chi connectivity index (χ4n) is 2.38. The predicted molar refractivity (Wildman–Crippen MR) is 74.8 cm³/mol. The first-order valence-electron chi connectivity index (χ1n) is 6.80. The van der Waals surface area contributed by atoms with E-state index in [0.717, 1.165) is 0 Å². The number of halogens is 3. The van der Waals surface area contributed by atoms with Gasteiger partial charge in [-0.2, -0.15) is 13.2 Å². The van der Waals surface area contributed by atoms with Gasteiger partial charge in [0.15, 0.2) is 6.10 Å². The minimum Gasteiger partial charge on any atom is -0.359 e. The van der Waals surface area contributed by atoms with Gasteiger partial charge in [-0.15, -0.1) is 0 Å². The standard InChI is InChI=1S/C14H18F3N3O2/c1-13(2)8-20(7-10(22-13)14(15,16)17)11-5-4-9(6-19-11)12(21)18-3/h4-6,10H,7-8H2,1-3H3,(H,18,21)/t10-/m0/s1. The number of morpholine rings is 1. The second kappa shape index (κ2) is 5.75. The normalized spacial score (nSPS) is 21.5. The third-order valence-electron chi connectivity index (χ3n) is 3.35. The monoisotopic (exact) mass is 317 g/mol. The minimum absolute atomic E-state index is 0.284. The first-order chi connectivity index (χ1) is 10.1. The minimum atomic E-state index is -4.43. The van der Waals surface area contributed by atoms with Crippen LogP contribution in [0.15, 0.2) is 18.3 Å². The number of nitrogens with one attached hydrogen (secondary N) is 1. The third-order valence-corrected chi connectivity index (χ3v) is 3.35. The van der Waals surface area contributed by atoms with Gasteiger partial charge < -0.3 is 15.0 Å². The van der Waals surface area contributed by atoms with Crippen molar-refractivity contribution in [3.05, 3.63) is 23.9 Å². The van der Waals surface area contributed by atoms with Crippen LogP contribution in [0, 0.1) is 0 Å². The first-order valence-corrected chi connectivity index (χ1v) is 6.80. The molecule has 22 heavy (non-hydrogen) atoms. The van der Waals surface area contributed by atoms with E-state index in [4.69, 9.17) is 4.74 Å². The number of rotatable bonds is 2. The van der Waals surface area contributed by atoms with Gasteiger partial charge in [-0.05, 0) is 26.0 Å². The summed E-state index contributed by atoms with van der Waals surface area (Å²) in [5.74, 6) is 0.0906. The first kappa shape index (κ1) is 16.5. The zero-order valence-corrected chi connectivity index (χ0v) is 12.6. The molecule has 0 spiro atoms. The van der Waals surface area contributed by atoms with Crippen LogP contribution >= 0.6 is 0 Å². The molecule has 2 rings (SSSR count). The van der Waals surface area contributed by atoms with Crippen molar-refractivity contribution < 1.29 is 22.7 Å². The van der Waals surface area contributed by atoms with E-state index in [2.05, 4.69) is 10.3 Å². The van der Waals surface area contributed by atoms with Crippen LogP contribution in [0.2, 0.25) is 0 Å². The maximum Gasteiger partial charge on any atom is 0.416 e. The maximum absolute atomic E-state index is 13.0. The quantitative estimate of drug-likeness (QED) is 0.906. The van der Waals surface area contributed by atoms with Gasteiger partial charge in [0, 0.05) is 19.8 Å². The predicted octanol–water partition coefficient (Wildman–Crippen LogP) is 1.99. The van der Waals surface area contributed by atoms with Crippen LogP contribution in [0.25, 0.3) is 0 Å². The number of hydrogen-bond donors (Lipinski definition) is 1. The van der Waals surface area contributed by atoms with Crippen molar-refractivity contribution in [1.82, 2.24) is 10.3 Å². The van der Waals surface area contributed by atoms with Crippen molar-refractivity contribution in [2.45, 2.75) is 31.7 Å². The summed E-state index contributed by atoms with van der Waals surface area (Å²) in [6, 6.07) is 3.08. The number of carbonyl (C=O) groups excluding carboxylic acids is 1. The highest BCUT2D eigenvalue weighted by Gasteiger charge is 2.48. The van der Waals surface area contributed by atoms with Crippen molar-refractivity contribution in [3.63, 3.8) is 0 Å². The van der Waals surface area contributed by atoms with Crippen LogP contribution in [-0.4, -0.2) is 48.9 Å². The highest BCUT2D eigenvalue weighted by molar-refractivity contribution is 5.93. The average Bonchev–Trinajstić information content (AvgIpc) is 2.44. The lowest BCUT2D eigenvalue weighted by Gasteiger charge is -2.43. The van der Waals surface area contributed by atoms with Gasteiger partial charge in [0.05, 0.1) is 17.7 Å². The smallest absolute Gasteiger partial charge is 0.359 e. The summed E-state index contributed by atoms with van der Waals surface area (Å²) in [7, 11) is 1.49. The summed E-state index contributed by atoms with van der Waals surface area (Å²) >= 11 is 0. The topological polar surface area (TPSA) is 54.5 Å². The third kappa shape index (κ3) is 3.68. The van der Waals surface area contributed by atoms with E-state index in [0.29, 0.717) is 11.4 Å². The van der Waals surface area contributed by atoms with Gasteiger partial charge in [-0.3, -0.25) is 4.79 Å². The lowest BCUT2D eigenvalue weighted by molar-refractivity contribution is -0.251. The van der Waals surface area contributed by atoms with Crippen LogP contribution in [0.3, 0.4) is 0 Å². The highest BCUT2D eigenvalue weighted by atomic mass is 19.4. The van der Waals surface area contributed by atoms with E-state index in [9.17, 15) is 18.0 Å². The molecule has 1 aromatic rings. The molecule has 5 nitrogen and oxygen atoms in total. The number of anilines is 1. The summed E-state index contributed by atoms with van der Waals surface area (Å²) in [5.41, 5.74) is -0.592. The van der Waals surface area contributed by atoms with Crippen LogP contribution in [0.5, 0.6) is 0 Å². The number of hydrogen-bond acceptors (Lipinski definition) is 4. The Bertz CT molecular complexity index is 543. The molecular weight excluding hydrogens is 299 g/mol. The molecule has 1 amide bonds. The number of alkyl halides is 3. The zero-order valence-electron chi connectivity index (χ0n) is 12.6. The molecule has 8 heteroatoms. The van der Waals surface area contributed by atoms with Crippen molar-refractivity contribution in [2.24, 2.45) is 0 Å². The Morgan fingerprint density at radius 3 is 2.64 bits per heavy atom. The van der Waals surface area contributed by atoms with E-state index >= 15 is 0 Å². The second-order valence-electron chi connectivity index (χ2n) is 5.77. The molecular formula is C14H18F3N3O2. The van der Waals surface area contributed by atoms with Gasteiger partial charge in [-0.1, -0.05) is 0 Å². The van der Waals surface area contributed by atoms with E-state index in [1.54, 1.807) is 19.9 Å². The molecule has 0 aliphatic carbocycles. The Balaban J connectivity index is 2.21. The molecule has 2 heterocycles. The van der Waals surface area contributed by atoms with E-state index in [1.807, 2.05) is 0 Å². The lowest BCUT2D eigenvalue weighted by Crippen LogP contribution is -2.57. The molecule has 1 aliphatic rings. The summed E-state index contributed by atoms with van der Waals surface area (Å²) < 4.78 is 44.0. The van der Waals surface area contributed by atoms with Gasteiger partial charge in [0.1, 0.15) is 5.82 Å². The molecule has 0 radical (unpaired) electrons. The summed E-state index contributed by atoms with van der Waals surface area (Å²) in [6.07, 6.45) is -4.95.